The molecule has 0 amide bonds. The number of carboxylic acid groups (broad SMARTS) is 1. The quantitative estimate of drug-likeness (QED) is 0.770. The first-order valence-corrected chi connectivity index (χ1v) is 7.66. The molecule has 0 bridgehead atoms. The van der Waals surface area contributed by atoms with Crippen molar-refractivity contribution in [1.29, 1.82) is 0 Å². The van der Waals surface area contributed by atoms with Crippen molar-refractivity contribution < 1.29 is 19.4 Å². The van der Waals surface area contributed by atoms with Gasteiger partial charge in [-0.05, 0) is 37.3 Å². The molecule has 6 nitrogen and oxygen atoms in total. The van der Waals surface area contributed by atoms with Gasteiger partial charge in [-0.3, -0.25) is 0 Å². The van der Waals surface area contributed by atoms with E-state index in [4.69, 9.17) is 9.47 Å². The van der Waals surface area contributed by atoms with Crippen LogP contribution in [0.25, 0.3) is 16.9 Å². The first-order chi connectivity index (χ1) is 12.0. The van der Waals surface area contributed by atoms with E-state index in [1.807, 2.05) is 43.3 Å². The van der Waals surface area contributed by atoms with Crippen LogP contribution in [0.5, 0.6) is 11.5 Å². The Bertz CT molecular complexity index is 931. The second-order valence-corrected chi connectivity index (χ2v) is 5.54. The molecule has 1 N–H and O–H groups in total. The van der Waals surface area contributed by atoms with Crippen molar-refractivity contribution in [2.45, 2.75) is 6.92 Å². The average Bonchev–Trinajstić information content (AvgIpc) is 3.07. The molecule has 0 saturated carbocycles. The summed E-state index contributed by atoms with van der Waals surface area (Å²) in [6.07, 6.45) is 0. The van der Waals surface area contributed by atoms with Crippen LogP contribution < -0.4 is 9.47 Å². The van der Waals surface area contributed by atoms with Crippen molar-refractivity contribution in [3.05, 3.63) is 59.8 Å². The number of ether oxygens (including phenoxy) is 2. The summed E-state index contributed by atoms with van der Waals surface area (Å²) in [6, 6.07) is 14.6. The molecule has 0 atom stereocenters. The predicted octanol–water partition coefficient (Wildman–Crippen LogP) is 3.56. The van der Waals surface area contributed by atoms with Crippen LogP contribution in [0.4, 0.5) is 0 Å². The third-order valence-corrected chi connectivity index (χ3v) is 3.86. The molecule has 0 radical (unpaired) electrons. The van der Waals surface area contributed by atoms with Crippen molar-refractivity contribution >= 4 is 5.97 Å². The molecule has 128 valence electrons. The van der Waals surface area contributed by atoms with Crippen molar-refractivity contribution in [3.63, 3.8) is 0 Å². The normalized spacial score (nSPS) is 10.5. The maximum absolute atomic E-state index is 11.4. The Kier molecular flexibility index (Phi) is 4.43. The molecular formula is C19H18N2O4. The van der Waals surface area contributed by atoms with E-state index in [1.165, 1.54) is 0 Å². The van der Waals surface area contributed by atoms with Crippen LogP contribution in [-0.4, -0.2) is 35.1 Å². The van der Waals surface area contributed by atoms with E-state index >= 15 is 0 Å². The predicted molar refractivity (Wildman–Crippen MR) is 93.8 cm³/mol. The Morgan fingerprint density at radius 1 is 1.08 bits per heavy atom. The molecular weight excluding hydrogens is 320 g/mol. The molecule has 1 heterocycles. The Morgan fingerprint density at radius 3 is 2.56 bits per heavy atom. The molecule has 1 aromatic heterocycles. The largest absolute Gasteiger partial charge is 0.497 e. The van der Waals surface area contributed by atoms with Crippen molar-refractivity contribution in [2.24, 2.45) is 0 Å². The molecule has 0 aliphatic carbocycles. The Morgan fingerprint density at radius 2 is 1.88 bits per heavy atom. The summed E-state index contributed by atoms with van der Waals surface area (Å²) < 4.78 is 12.3. The lowest BCUT2D eigenvalue weighted by Gasteiger charge is -2.12. The van der Waals surface area contributed by atoms with Gasteiger partial charge < -0.3 is 14.6 Å². The minimum atomic E-state index is -1.09. The topological polar surface area (TPSA) is 73.6 Å². The van der Waals surface area contributed by atoms with E-state index in [-0.39, 0.29) is 5.69 Å². The number of carboxylic acids is 1. The van der Waals surface area contributed by atoms with Crippen LogP contribution in [0.2, 0.25) is 0 Å². The van der Waals surface area contributed by atoms with Crippen LogP contribution in [0.3, 0.4) is 0 Å². The summed E-state index contributed by atoms with van der Waals surface area (Å²) in [7, 11) is 3.16. The molecule has 0 aliphatic heterocycles. The van der Waals surface area contributed by atoms with E-state index in [1.54, 1.807) is 31.0 Å². The number of aromatic carboxylic acids is 1. The molecule has 0 unspecified atom stereocenters. The monoisotopic (exact) mass is 338 g/mol. The van der Waals surface area contributed by atoms with Gasteiger partial charge in [0.05, 0.1) is 25.6 Å². The maximum atomic E-state index is 11.4. The van der Waals surface area contributed by atoms with Crippen LogP contribution in [0, 0.1) is 6.92 Å². The molecule has 25 heavy (non-hydrogen) atoms. The van der Waals surface area contributed by atoms with Crippen molar-refractivity contribution in [3.8, 4) is 28.4 Å². The fraction of sp³-hybridized carbons (Fsp3) is 0.158. The van der Waals surface area contributed by atoms with Gasteiger partial charge in [0.2, 0.25) is 0 Å². The van der Waals surface area contributed by atoms with E-state index in [0.29, 0.717) is 22.9 Å². The molecule has 0 spiro atoms. The highest BCUT2D eigenvalue weighted by atomic mass is 16.5. The third-order valence-electron chi connectivity index (χ3n) is 3.86. The smallest absolute Gasteiger partial charge is 0.356 e. The van der Waals surface area contributed by atoms with Gasteiger partial charge in [0.1, 0.15) is 11.5 Å². The zero-order valence-corrected chi connectivity index (χ0v) is 14.2. The number of aromatic nitrogens is 2. The zero-order chi connectivity index (χ0) is 18.0. The lowest BCUT2D eigenvalue weighted by molar-refractivity contribution is 0.0690. The molecule has 6 heteroatoms. The van der Waals surface area contributed by atoms with Gasteiger partial charge in [-0.2, -0.15) is 5.10 Å². The summed E-state index contributed by atoms with van der Waals surface area (Å²) in [5.41, 5.74) is 3.09. The minimum Gasteiger partial charge on any atom is -0.497 e. The highest BCUT2D eigenvalue weighted by Gasteiger charge is 2.19. The number of rotatable bonds is 5. The van der Waals surface area contributed by atoms with Gasteiger partial charge in [0.15, 0.2) is 5.69 Å². The highest BCUT2D eigenvalue weighted by Crippen LogP contribution is 2.33. The van der Waals surface area contributed by atoms with Gasteiger partial charge in [0.25, 0.3) is 0 Å². The standard InChI is InChI=1S/C19H18N2O4/c1-12-7-8-18(25-3)15(9-12)17-11-16(19(22)23)20-21(17)13-5-4-6-14(10-13)24-2/h4-11H,1-3H3,(H,22,23). The van der Waals surface area contributed by atoms with Gasteiger partial charge >= 0.3 is 5.97 Å². The van der Waals surface area contributed by atoms with Crippen molar-refractivity contribution in [1.82, 2.24) is 9.78 Å². The molecule has 0 saturated heterocycles. The van der Waals surface area contributed by atoms with Crippen LogP contribution in [0.15, 0.2) is 48.5 Å². The number of hydrogen-bond acceptors (Lipinski definition) is 4. The zero-order valence-electron chi connectivity index (χ0n) is 14.2. The lowest BCUT2D eigenvalue weighted by atomic mass is 10.1. The number of carbonyl (C=O) groups is 1. The Labute approximate surface area is 145 Å². The highest BCUT2D eigenvalue weighted by molar-refractivity contribution is 5.88. The van der Waals surface area contributed by atoms with Crippen LogP contribution in [0.1, 0.15) is 16.1 Å². The second kappa shape index (κ2) is 6.68. The van der Waals surface area contributed by atoms with E-state index in [9.17, 15) is 9.90 Å². The first-order valence-electron chi connectivity index (χ1n) is 7.66. The van der Waals surface area contributed by atoms with Crippen LogP contribution >= 0.6 is 0 Å². The minimum absolute atomic E-state index is 0.0404. The van der Waals surface area contributed by atoms with E-state index in [0.717, 1.165) is 11.1 Å². The summed E-state index contributed by atoms with van der Waals surface area (Å²) in [6.45, 7) is 1.97. The SMILES string of the molecule is COc1cccc(-n2nc(C(=O)O)cc2-c2cc(C)ccc2OC)c1. The molecule has 3 aromatic rings. The van der Waals surface area contributed by atoms with E-state index in [2.05, 4.69) is 5.10 Å². The molecule has 3 rings (SSSR count). The van der Waals surface area contributed by atoms with Gasteiger partial charge in [-0.25, -0.2) is 9.48 Å². The third kappa shape index (κ3) is 3.19. The molecule has 2 aromatic carbocycles. The molecule has 0 aliphatic rings. The maximum Gasteiger partial charge on any atom is 0.356 e. The second-order valence-electron chi connectivity index (χ2n) is 5.54. The number of aryl methyl sites for hydroxylation is 1. The lowest BCUT2D eigenvalue weighted by Crippen LogP contribution is -2.03. The van der Waals surface area contributed by atoms with Gasteiger partial charge in [-0.1, -0.05) is 17.7 Å². The van der Waals surface area contributed by atoms with E-state index < -0.39 is 5.97 Å². The van der Waals surface area contributed by atoms with Gasteiger partial charge in [0, 0.05) is 11.6 Å². The summed E-state index contributed by atoms with van der Waals surface area (Å²) in [5.74, 6) is 0.216. The van der Waals surface area contributed by atoms with Crippen molar-refractivity contribution in [2.75, 3.05) is 14.2 Å². The number of hydrogen-bond donors (Lipinski definition) is 1. The fourth-order valence-electron chi connectivity index (χ4n) is 2.64. The Balaban J connectivity index is 2.26. The number of nitrogens with zero attached hydrogens (tertiary/aromatic N) is 2. The summed E-state index contributed by atoms with van der Waals surface area (Å²) >= 11 is 0. The Hall–Kier alpha value is -3.28. The average molecular weight is 338 g/mol. The van der Waals surface area contributed by atoms with Crippen LogP contribution in [-0.2, 0) is 0 Å². The first kappa shape index (κ1) is 16.6. The number of methoxy groups -OCH3 is 2. The molecule has 0 fully saturated rings. The van der Waals surface area contributed by atoms with Gasteiger partial charge in [-0.15, -0.1) is 0 Å². The number of benzene rings is 2. The fourth-order valence-corrected chi connectivity index (χ4v) is 2.64. The summed E-state index contributed by atoms with van der Waals surface area (Å²) in [5, 5.41) is 13.6. The summed E-state index contributed by atoms with van der Waals surface area (Å²) in [4.78, 5) is 11.4.